The van der Waals surface area contributed by atoms with Gasteiger partial charge in [-0.15, -0.1) is 0 Å². The zero-order valence-electron chi connectivity index (χ0n) is 18.5. The van der Waals surface area contributed by atoms with E-state index < -0.39 is 28.5 Å². The molecular formula is C22H28ClN3O5S. The van der Waals surface area contributed by atoms with Gasteiger partial charge in [-0.2, -0.15) is 0 Å². The number of nitrogens with zero attached hydrogens (tertiary/aromatic N) is 2. The molecule has 0 fully saturated rings. The molecule has 8 nitrogen and oxygen atoms in total. The first-order chi connectivity index (χ1) is 15.1. The molecule has 0 aliphatic rings. The number of carbonyl (C=O) groups is 2. The molecule has 0 heterocycles. The van der Waals surface area contributed by atoms with Crippen LogP contribution in [0, 0.1) is 0 Å². The Hall–Kier alpha value is -2.78. The maximum atomic E-state index is 13.4. The summed E-state index contributed by atoms with van der Waals surface area (Å²) in [6.07, 6.45) is 1.02. The van der Waals surface area contributed by atoms with Crippen LogP contribution in [-0.2, 0) is 26.2 Å². The van der Waals surface area contributed by atoms with Crippen LogP contribution in [-0.4, -0.2) is 57.6 Å². The normalized spacial score (nSPS) is 12.0. The number of likely N-dealkylation sites (N-methyl/N-ethyl adjacent to an activating group) is 1. The molecule has 0 spiro atoms. The number of hydrogen-bond donors (Lipinski definition) is 1. The van der Waals surface area contributed by atoms with Gasteiger partial charge in [-0.1, -0.05) is 35.9 Å². The molecule has 0 aromatic heterocycles. The number of anilines is 1. The van der Waals surface area contributed by atoms with Crippen LogP contribution in [0.5, 0.6) is 5.75 Å². The van der Waals surface area contributed by atoms with Gasteiger partial charge in [0.15, 0.2) is 0 Å². The lowest BCUT2D eigenvalue weighted by molar-refractivity contribution is -0.139. The van der Waals surface area contributed by atoms with E-state index in [-0.39, 0.29) is 18.1 Å². The van der Waals surface area contributed by atoms with Crippen molar-refractivity contribution in [2.45, 2.75) is 26.4 Å². The fraction of sp³-hybridized carbons (Fsp3) is 0.364. The summed E-state index contributed by atoms with van der Waals surface area (Å²) in [7, 11) is -2.34. The Kier molecular flexibility index (Phi) is 8.91. The number of nitrogens with one attached hydrogen (secondary N) is 1. The van der Waals surface area contributed by atoms with Crippen molar-refractivity contribution in [2.24, 2.45) is 0 Å². The van der Waals surface area contributed by atoms with Gasteiger partial charge in [0.1, 0.15) is 18.3 Å². The fourth-order valence-corrected chi connectivity index (χ4v) is 4.13. The van der Waals surface area contributed by atoms with Crippen LogP contribution in [0.25, 0.3) is 0 Å². The second kappa shape index (κ2) is 11.2. The zero-order chi connectivity index (χ0) is 23.9. The number of benzene rings is 2. The molecule has 1 N–H and O–H groups in total. The van der Waals surface area contributed by atoms with Gasteiger partial charge in [-0.05, 0) is 37.6 Å². The first-order valence-electron chi connectivity index (χ1n) is 10.0. The highest BCUT2D eigenvalue weighted by molar-refractivity contribution is 7.92. The Morgan fingerprint density at radius 2 is 1.84 bits per heavy atom. The lowest BCUT2D eigenvalue weighted by Crippen LogP contribution is -2.51. The molecule has 1 unspecified atom stereocenters. The number of carbonyl (C=O) groups excluding carboxylic acids is 2. The minimum atomic E-state index is -3.81. The smallest absolute Gasteiger partial charge is 0.244 e. The summed E-state index contributed by atoms with van der Waals surface area (Å²) in [6, 6.07) is 12.5. The molecule has 10 heteroatoms. The number of sulfonamides is 1. The van der Waals surface area contributed by atoms with Gasteiger partial charge in [0, 0.05) is 24.2 Å². The van der Waals surface area contributed by atoms with Gasteiger partial charge in [-0.3, -0.25) is 13.9 Å². The van der Waals surface area contributed by atoms with E-state index in [1.165, 1.54) is 18.1 Å². The van der Waals surface area contributed by atoms with Gasteiger partial charge >= 0.3 is 0 Å². The molecule has 2 rings (SSSR count). The molecule has 2 aromatic carbocycles. The van der Waals surface area contributed by atoms with Crippen LogP contribution in [0.4, 0.5) is 5.69 Å². The van der Waals surface area contributed by atoms with Gasteiger partial charge in [-0.25, -0.2) is 8.42 Å². The second-order valence-electron chi connectivity index (χ2n) is 7.15. The summed E-state index contributed by atoms with van der Waals surface area (Å²) in [5.74, 6) is -0.440. The summed E-state index contributed by atoms with van der Waals surface area (Å²) in [5, 5.41) is 3.14. The minimum Gasteiger partial charge on any atom is -0.497 e. The highest BCUT2D eigenvalue weighted by atomic mass is 35.5. The third kappa shape index (κ3) is 6.61. The molecule has 1 atom stereocenters. The van der Waals surface area contributed by atoms with Crippen LogP contribution < -0.4 is 14.4 Å². The van der Waals surface area contributed by atoms with Crippen LogP contribution in [0.15, 0.2) is 48.5 Å². The Bertz CT molecular complexity index is 1060. The summed E-state index contributed by atoms with van der Waals surface area (Å²) in [5.41, 5.74) is 0.925. The minimum absolute atomic E-state index is 0.0481. The maximum Gasteiger partial charge on any atom is 0.244 e. The van der Waals surface area contributed by atoms with Crippen molar-refractivity contribution in [3.8, 4) is 5.75 Å². The molecule has 0 saturated heterocycles. The zero-order valence-corrected chi connectivity index (χ0v) is 20.1. The average Bonchev–Trinajstić information content (AvgIpc) is 2.75. The first-order valence-corrected chi connectivity index (χ1v) is 12.2. The van der Waals surface area contributed by atoms with E-state index in [0.29, 0.717) is 22.9 Å². The van der Waals surface area contributed by atoms with E-state index >= 15 is 0 Å². The summed E-state index contributed by atoms with van der Waals surface area (Å²) in [4.78, 5) is 27.2. The van der Waals surface area contributed by atoms with Crippen molar-refractivity contribution in [3.05, 3.63) is 59.1 Å². The molecule has 0 aliphatic heterocycles. The first kappa shape index (κ1) is 25.5. The monoisotopic (exact) mass is 481 g/mol. The average molecular weight is 482 g/mol. The molecule has 0 aliphatic carbocycles. The molecule has 32 heavy (non-hydrogen) atoms. The van der Waals surface area contributed by atoms with Crippen molar-refractivity contribution >= 4 is 39.1 Å². The second-order valence-corrected chi connectivity index (χ2v) is 9.47. The highest BCUT2D eigenvalue weighted by Crippen LogP contribution is 2.24. The maximum absolute atomic E-state index is 13.4. The molecule has 174 valence electrons. The number of hydrogen-bond acceptors (Lipinski definition) is 5. The van der Waals surface area contributed by atoms with Gasteiger partial charge < -0.3 is 15.0 Å². The molecule has 0 saturated carbocycles. The van der Waals surface area contributed by atoms with Crippen LogP contribution in [0.2, 0.25) is 5.02 Å². The topological polar surface area (TPSA) is 96.0 Å². The fourth-order valence-electron chi connectivity index (χ4n) is 3.09. The van der Waals surface area contributed by atoms with E-state index in [1.54, 1.807) is 56.3 Å². The van der Waals surface area contributed by atoms with Crippen molar-refractivity contribution in [3.63, 3.8) is 0 Å². The van der Waals surface area contributed by atoms with Crippen molar-refractivity contribution < 1.29 is 22.7 Å². The number of amides is 2. The number of halogens is 1. The largest absolute Gasteiger partial charge is 0.497 e. The molecule has 0 bridgehead atoms. The van der Waals surface area contributed by atoms with Crippen molar-refractivity contribution in [2.75, 3.05) is 30.8 Å². The Morgan fingerprint density at radius 1 is 1.16 bits per heavy atom. The standard InChI is InChI=1S/C22H28ClN3O5S/c1-5-24-22(28)16(2)25(14-17-9-6-7-12-20(17)23)21(27)15-26(32(4,29)30)18-10-8-11-19(13-18)31-3/h6-13,16H,5,14-15H2,1-4H3,(H,24,28). The van der Waals surface area contributed by atoms with Gasteiger partial charge in [0.2, 0.25) is 21.8 Å². The molecule has 2 aromatic rings. The molecular weight excluding hydrogens is 454 g/mol. The van der Waals surface area contributed by atoms with E-state index in [4.69, 9.17) is 16.3 Å². The number of methoxy groups -OCH3 is 1. The Balaban J connectivity index is 2.41. The van der Waals surface area contributed by atoms with E-state index in [1.807, 2.05) is 0 Å². The predicted molar refractivity (Wildman–Crippen MR) is 125 cm³/mol. The third-order valence-corrected chi connectivity index (χ3v) is 6.35. The summed E-state index contributed by atoms with van der Waals surface area (Å²) < 4.78 is 31.2. The van der Waals surface area contributed by atoms with Crippen LogP contribution in [0.1, 0.15) is 19.4 Å². The number of rotatable bonds is 10. The van der Waals surface area contributed by atoms with Crippen LogP contribution >= 0.6 is 11.6 Å². The van der Waals surface area contributed by atoms with Crippen molar-refractivity contribution in [1.82, 2.24) is 10.2 Å². The van der Waals surface area contributed by atoms with E-state index in [0.717, 1.165) is 10.6 Å². The summed E-state index contributed by atoms with van der Waals surface area (Å²) in [6.45, 7) is 3.33. The molecule has 2 amide bonds. The van der Waals surface area contributed by atoms with Crippen LogP contribution in [0.3, 0.4) is 0 Å². The van der Waals surface area contributed by atoms with Gasteiger partial charge in [0.05, 0.1) is 19.1 Å². The Morgan fingerprint density at radius 3 is 2.44 bits per heavy atom. The van der Waals surface area contributed by atoms with Crippen molar-refractivity contribution in [1.29, 1.82) is 0 Å². The third-order valence-electron chi connectivity index (χ3n) is 4.84. The SMILES string of the molecule is CCNC(=O)C(C)N(Cc1ccccc1Cl)C(=O)CN(c1cccc(OC)c1)S(C)(=O)=O. The highest BCUT2D eigenvalue weighted by Gasteiger charge is 2.30. The summed E-state index contributed by atoms with van der Waals surface area (Å²) >= 11 is 6.27. The Labute approximate surface area is 194 Å². The molecule has 0 radical (unpaired) electrons. The van der Waals surface area contributed by atoms with E-state index in [2.05, 4.69) is 5.32 Å². The lowest BCUT2D eigenvalue weighted by atomic mass is 10.1. The predicted octanol–water partition coefficient (Wildman–Crippen LogP) is 2.67. The quantitative estimate of drug-likeness (QED) is 0.562. The lowest BCUT2D eigenvalue weighted by Gasteiger charge is -2.31. The number of ether oxygens (including phenoxy) is 1. The van der Waals surface area contributed by atoms with E-state index in [9.17, 15) is 18.0 Å². The van der Waals surface area contributed by atoms with Gasteiger partial charge in [0.25, 0.3) is 0 Å².